The fraction of sp³-hybridized carbons (Fsp3) is 0.321. The van der Waals surface area contributed by atoms with Crippen molar-refractivity contribution in [2.75, 3.05) is 34.4 Å². The van der Waals surface area contributed by atoms with E-state index >= 15 is 4.39 Å². The number of benzene rings is 2. The molecule has 1 saturated heterocycles. The first kappa shape index (κ1) is 23.3. The maximum atomic E-state index is 15.1. The Bertz CT molecular complexity index is 1490. The zero-order valence-corrected chi connectivity index (χ0v) is 20.8. The van der Waals surface area contributed by atoms with Crippen molar-refractivity contribution < 1.29 is 9.18 Å². The summed E-state index contributed by atoms with van der Waals surface area (Å²) in [5.74, 6) is -0.171. The van der Waals surface area contributed by atoms with Crippen molar-refractivity contribution >= 4 is 39.9 Å². The number of rotatable bonds is 5. The number of aromatic nitrogens is 3. The molecule has 2 aromatic heterocycles. The summed E-state index contributed by atoms with van der Waals surface area (Å²) in [4.78, 5) is 23.6. The second kappa shape index (κ2) is 9.38. The van der Waals surface area contributed by atoms with Crippen molar-refractivity contribution in [3.05, 3.63) is 60.3 Å². The molecule has 0 atom stereocenters. The van der Waals surface area contributed by atoms with Gasteiger partial charge in [-0.05, 0) is 80.5 Å². The predicted octanol–water partition coefficient (Wildman–Crippen LogP) is 6.10. The van der Waals surface area contributed by atoms with Gasteiger partial charge in [0.1, 0.15) is 23.6 Å². The highest BCUT2D eigenvalue weighted by Gasteiger charge is 2.28. The van der Waals surface area contributed by atoms with E-state index in [-0.39, 0.29) is 5.69 Å². The summed E-state index contributed by atoms with van der Waals surface area (Å²) in [6, 6.07) is 10.5. The van der Waals surface area contributed by atoms with E-state index in [1.807, 2.05) is 31.3 Å². The summed E-state index contributed by atoms with van der Waals surface area (Å²) >= 11 is 0. The zero-order chi connectivity index (χ0) is 25.5. The minimum Gasteiger partial charge on any atom is -0.383 e. The van der Waals surface area contributed by atoms with E-state index in [9.17, 15) is 4.79 Å². The van der Waals surface area contributed by atoms with Gasteiger partial charge in [-0.2, -0.15) is 0 Å². The zero-order valence-electron chi connectivity index (χ0n) is 20.8. The van der Waals surface area contributed by atoms with Crippen molar-refractivity contribution in [1.82, 2.24) is 14.5 Å². The molecule has 0 radical (unpaired) electrons. The smallest absolute Gasteiger partial charge is 0.323 e. The number of piperidine rings is 1. The van der Waals surface area contributed by atoms with Crippen LogP contribution in [0.15, 0.2) is 48.9 Å². The monoisotopic (exact) mass is 499 g/mol. The van der Waals surface area contributed by atoms with Gasteiger partial charge in [0, 0.05) is 42.3 Å². The first-order valence-corrected chi connectivity index (χ1v) is 12.8. The topological polar surface area (TPSA) is 101 Å². The van der Waals surface area contributed by atoms with Crippen LogP contribution >= 0.6 is 0 Å². The van der Waals surface area contributed by atoms with Crippen molar-refractivity contribution in [2.24, 2.45) is 0 Å². The molecule has 190 valence electrons. The van der Waals surface area contributed by atoms with Gasteiger partial charge in [-0.3, -0.25) is 0 Å². The molecular weight excluding hydrogens is 469 g/mol. The van der Waals surface area contributed by atoms with Gasteiger partial charge in [0.15, 0.2) is 0 Å². The van der Waals surface area contributed by atoms with E-state index in [1.165, 1.54) is 37.3 Å². The summed E-state index contributed by atoms with van der Waals surface area (Å²) in [7, 11) is 0. The number of nitrogens with one attached hydrogen (secondary N) is 2. The number of carbonyl (C=O) groups is 1. The molecule has 6 rings (SSSR count). The molecular formula is C28H30FN7O. The number of amides is 2. The molecule has 2 amide bonds. The summed E-state index contributed by atoms with van der Waals surface area (Å²) in [5, 5.41) is 6.16. The van der Waals surface area contributed by atoms with Crippen LogP contribution in [0.25, 0.3) is 22.2 Å². The molecule has 0 spiro atoms. The molecule has 1 aliphatic heterocycles. The molecule has 4 aromatic rings. The standard InChI is InChI=1S/C28H30FN7O/c1-17-13-19(6-10-24(17)35-11-3-2-4-12-35)33-28(37)34-23-9-5-18(14-22(23)29)21-15-36(20-7-8-20)27-25(21)26(30)31-16-32-27/h5-6,9-10,13-16,20H,2-4,7-8,11-12H2,1H3,(H2,30,31,32)(H2,33,34,37). The number of nitrogens with two attached hydrogens (primary N) is 1. The number of fused-ring (bicyclic) bond motifs is 1. The molecule has 1 aliphatic carbocycles. The van der Waals surface area contributed by atoms with Gasteiger partial charge >= 0.3 is 6.03 Å². The maximum absolute atomic E-state index is 15.1. The largest absolute Gasteiger partial charge is 0.383 e. The molecule has 1 saturated carbocycles. The Hall–Kier alpha value is -4.14. The maximum Gasteiger partial charge on any atom is 0.323 e. The van der Waals surface area contributed by atoms with Crippen molar-refractivity contribution in [1.29, 1.82) is 0 Å². The predicted molar refractivity (Wildman–Crippen MR) is 145 cm³/mol. The number of nitrogens with zero attached hydrogens (tertiary/aromatic N) is 4. The Morgan fingerprint density at radius 1 is 1.05 bits per heavy atom. The van der Waals surface area contributed by atoms with Gasteiger partial charge in [-0.1, -0.05) is 6.07 Å². The quantitative estimate of drug-likeness (QED) is 0.308. The van der Waals surface area contributed by atoms with Crippen LogP contribution in [0, 0.1) is 12.7 Å². The van der Waals surface area contributed by atoms with E-state index in [2.05, 4.69) is 30.1 Å². The Morgan fingerprint density at radius 3 is 2.59 bits per heavy atom. The van der Waals surface area contributed by atoms with Gasteiger partial charge in [-0.25, -0.2) is 19.2 Å². The third-order valence-corrected chi connectivity index (χ3v) is 7.26. The Kier molecular flexibility index (Phi) is 5.90. The third-order valence-electron chi connectivity index (χ3n) is 7.26. The molecule has 2 fully saturated rings. The lowest BCUT2D eigenvalue weighted by Gasteiger charge is -2.30. The molecule has 37 heavy (non-hydrogen) atoms. The van der Waals surface area contributed by atoms with Gasteiger partial charge in [0.2, 0.25) is 0 Å². The van der Waals surface area contributed by atoms with Crippen LogP contribution in [0.1, 0.15) is 43.7 Å². The fourth-order valence-corrected chi connectivity index (χ4v) is 5.25. The number of hydrogen-bond acceptors (Lipinski definition) is 5. The van der Waals surface area contributed by atoms with Gasteiger partial charge in [-0.15, -0.1) is 0 Å². The number of nitrogen functional groups attached to an aromatic ring is 1. The van der Waals surface area contributed by atoms with Crippen LogP contribution in [0.2, 0.25) is 0 Å². The molecule has 4 N–H and O–H groups in total. The average Bonchev–Trinajstić information content (AvgIpc) is 3.66. The summed E-state index contributed by atoms with van der Waals surface area (Å²) in [6.07, 6.45) is 9.28. The summed E-state index contributed by atoms with van der Waals surface area (Å²) in [5.41, 5.74) is 11.4. The highest BCUT2D eigenvalue weighted by Crippen LogP contribution is 2.42. The molecule has 3 heterocycles. The molecule has 2 aliphatic rings. The normalized spacial score (nSPS) is 15.7. The lowest BCUT2D eigenvalue weighted by Crippen LogP contribution is -2.30. The van der Waals surface area contributed by atoms with Crippen LogP contribution in [-0.2, 0) is 0 Å². The van der Waals surface area contributed by atoms with Crippen LogP contribution in [0.4, 0.5) is 32.1 Å². The third kappa shape index (κ3) is 4.57. The number of urea groups is 1. The van der Waals surface area contributed by atoms with Crippen LogP contribution in [-0.4, -0.2) is 33.7 Å². The number of halogens is 1. The average molecular weight is 500 g/mol. The van der Waals surface area contributed by atoms with E-state index < -0.39 is 11.8 Å². The number of carbonyl (C=O) groups excluding carboxylic acids is 1. The highest BCUT2D eigenvalue weighted by atomic mass is 19.1. The lowest BCUT2D eigenvalue weighted by molar-refractivity contribution is 0.262. The Labute approximate surface area is 214 Å². The van der Waals surface area contributed by atoms with E-state index in [0.29, 0.717) is 23.1 Å². The molecule has 8 nitrogen and oxygen atoms in total. The Morgan fingerprint density at radius 2 is 1.86 bits per heavy atom. The first-order valence-electron chi connectivity index (χ1n) is 12.8. The van der Waals surface area contributed by atoms with Crippen LogP contribution < -0.4 is 21.3 Å². The van der Waals surface area contributed by atoms with Crippen LogP contribution in [0.3, 0.4) is 0 Å². The lowest BCUT2D eigenvalue weighted by atomic mass is 10.1. The van der Waals surface area contributed by atoms with Gasteiger partial charge < -0.3 is 25.8 Å². The highest BCUT2D eigenvalue weighted by molar-refractivity contribution is 6.02. The number of aryl methyl sites for hydroxylation is 1. The summed E-state index contributed by atoms with van der Waals surface area (Å²) in [6.45, 7) is 4.16. The number of hydrogen-bond donors (Lipinski definition) is 3. The minimum absolute atomic E-state index is 0.0954. The SMILES string of the molecule is Cc1cc(NC(=O)Nc2ccc(-c3cn(C4CC4)c4ncnc(N)c34)cc2F)ccc1N1CCCCC1. The van der Waals surface area contributed by atoms with E-state index in [1.54, 1.807) is 12.1 Å². The van der Waals surface area contributed by atoms with E-state index in [0.717, 1.165) is 48.1 Å². The molecule has 0 bridgehead atoms. The molecule has 2 aromatic carbocycles. The molecule has 9 heteroatoms. The van der Waals surface area contributed by atoms with Gasteiger partial charge in [0.25, 0.3) is 0 Å². The van der Waals surface area contributed by atoms with Gasteiger partial charge in [0.05, 0.1) is 11.1 Å². The van der Waals surface area contributed by atoms with E-state index in [4.69, 9.17) is 5.73 Å². The van der Waals surface area contributed by atoms with Crippen molar-refractivity contribution in [3.8, 4) is 11.1 Å². The number of anilines is 4. The minimum atomic E-state index is -0.535. The Balaban J connectivity index is 1.19. The first-order chi connectivity index (χ1) is 18.0. The second-order valence-electron chi connectivity index (χ2n) is 9.96. The molecule has 0 unspecified atom stereocenters. The fourth-order valence-electron chi connectivity index (χ4n) is 5.25. The summed E-state index contributed by atoms with van der Waals surface area (Å²) < 4.78 is 17.2. The van der Waals surface area contributed by atoms with Crippen molar-refractivity contribution in [3.63, 3.8) is 0 Å². The second-order valence-corrected chi connectivity index (χ2v) is 9.96. The van der Waals surface area contributed by atoms with Crippen molar-refractivity contribution in [2.45, 2.75) is 45.1 Å². The van der Waals surface area contributed by atoms with Crippen LogP contribution in [0.5, 0.6) is 0 Å².